The van der Waals surface area contributed by atoms with Crippen molar-refractivity contribution in [2.24, 2.45) is 0 Å². The zero-order valence-electron chi connectivity index (χ0n) is 8.96. The molecule has 2 aromatic rings. The molecule has 0 heterocycles. The first-order chi connectivity index (χ1) is 7.59. The summed E-state index contributed by atoms with van der Waals surface area (Å²) in [7, 11) is 0. The number of carbonyl (C=O) groups is 1. The third-order valence-electron chi connectivity index (χ3n) is 3.24. The number of hydrogen-bond acceptors (Lipinski definition) is 1. The Bertz CT molecular complexity index is 599. The van der Waals surface area contributed by atoms with Gasteiger partial charge in [-0.05, 0) is 23.3 Å². The van der Waals surface area contributed by atoms with Gasteiger partial charge < -0.3 is 0 Å². The number of ketones is 1. The van der Waals surface area contributed by atoms with Gasteiger partial charge in [0, 0.05) is 12.0 Å². The Morgan fingerprint density at radius 1 is 1.19 bits per heavy atom. The summed E-state index contributed by atoms with van der Waals surface area (Å²) < 4.78 is 14.0. The highest BCUT2D eigenvalue weighted by Gasteiger charge is 2.42. The summed E-state index contributed by atoms with van der Waals surface area (Å²) in [6.07, 6.45) is 0.200. The molecule has 1 nitrogen and oxygen atoms in total. The molecule has 0 radical (unpaired) electrons. The highest BCUT2D eigenvalue weighted by atomic mass is 19.1. The van der Waals surface area contributed by atoms with Gasteiger partial charge in [0.15, 0.2) is 5.67 Å². The minimum absolute atomic E-state index is 0.200. The van der Waals surface area contributed by atoms with E-state index in [2.05, 4.69) is 0 Å². The number of benzene rings is 2. The Morgan fingerprint density at radius 2 is 1.94 bits per heavy atom. The maximum atomic E-state index is 14.0. The van der Waals surface area contributed by atoms with Crippen molar-refractivity contribution in [3.8, 4) is 0 Å². The van der Waals surface area contributed by atoms with Gasteiger partial charge in [-0.25, -0.2) is 4.39 Å². The molecular weight excluding hydrogens is 203 g/mol. The molecule has 1 aliphatic carbocycles. The number of fused-ring (bicyclic) bond motifs is 3. The topological polar surface area (TPSA) is 17.1 Å². The molecule has 0 spiro atoms. The van der Waals surface area contributed by atoms with Crippen LogP contribution in [0.5, 0.6) is 0 Å². The Kier molecular flexibility index (Phi) is 1.73. The summed E-state index contributed by atoms with van der Waals surface area (Å²) in [6, 6.07) is 11.4. The normalized spacial score (nSPS) is 23.8. The lowest BCUT2D eigenvalue weighted by molar-refractivity contribution is 0.0761. The van der Waals surface area contributed by atoms with Crippen LogP contribution < -0.4 is 0 Å². The van der Waals surface area contributed by atoms with E-state index in [0.717, 1.165) is 16.3 Å². The van der Waals surface area contributed by atoms with Crippen molar-refractivity contribution in [3.05, 3.63) is 47.5 Å². The highest BCUT2D eigenvalue weighted by molar-refractivity contribution is 6.15. The van der Waals surface area contributed by atoms with E-state index in [1.807, 2.05) is 36.4 Å². The number of alkyl halides is 1. The quantitative estimate of drug-likeness (QED) is 0.657. The van der Waals surface area contributed by atoms with Crippen LogP contribution in [-0.2, 0) is 6.42 Å². The largest absolute Gasteiger partial charge is 0.291 e. The molecule has 0 fully saturated rings. The molecule has 0 N–H and O–H groups in total. The summed E-state index contributed by atoms with van der Waals surface area (Å²) in [5, 5.41) is 1.86. The van der Waals surface area contributed by atoms with Gasteiger partial charge in [-0.15, -0.1) is 0 Å². The van der Waals surface area contributed by atoms with Crippen LogP contribution >= 0.6 is 0 Å². The predicted octanol–water partition coefficient (Wildman–Crippen LogP) is 3.31. The van der Waals surface area contributed by atoms with Crippen LogP contribution in [0, 0.1) is 0 Å². The molecule has 1 aliphatic rings. The molecule has 1 unspecified atom stereocenters. The Hall–Kier alpha value is -1.70. The molecule has 0 saturated carbocycles. The number of rotatable bonds is 0. The van der Waals surface area contributed by atoms with E-state index in [9.17, 15) is 9.18 Å². The monoisotopic (exact) mass is 214 g/mol. The van der Waals surface area contributed by atoms with Crippen molar-refractivity contribution in [2.45, 2.75) is 19.0 Å². The van der Waals surface area contributed by atoms with Crippen LogP contribution in [0.1, 0.15) is 22.8 Å². The lowest BCUT2D eigenvalue weighted by Gasteiger charge is -2.08. The second kappa shape index (κ2) is 2.91. The third-order valence-corrected chi connectivity index (χ3v) is 3.24. The first kappa shape index (κ1) is 9.52. The third kappa shape index (κ3) is 1.13. The summed E-state index contributed by atoms with van der Waals surface area (Å²) in [5.41, 5.74) is -0.330. The first-order valence-corrected chi connectivity index (χ1v) is 5.34. The molecule has 0 saturated heterocycles. The Morgan fingerprint density at radius 3 is 2.75 bits per heavy atom. The molecule has 3 rings (SSSR count). The van der Waals surface area contributed by atoms with Crippen molar-refractivity contribution in [2.75, 3.05) is 0 Å². The van der Waals surface area contributed by atoms with E-state index in [0.29, 0.717) is 5.56 Å². The highest BCUT2D eigenvalue weighted by Crippen LogP contribution is 2.36. The van der Waals surface area contributed by atoms with Crippen LogP contribution in [0.25, 0.3) is 10.8 Å². The fourth-order valence-electron chi connectivity index (χ4n) is 2.43. The zero-order chi connectivity index (χ0) is 11.3. The van der Waals surface area contributed by atoms with Crippen molar-refractivity contribution in [3.63, 3.8) is 0 Å². The molecular formula is C14H11FO. The van der Waals surface area contributed by atoms with Crippen LogP contribution in [0.3, 0.4) is 0 Å². The molecule has 0 bridgehead atoms. The van der Waals surface area contributed by atoms with Gasteiger partial charge >= 0.3 is 0 Å². The molecule has 0 amide bonds. The van der Waals surface area contributed by atoms with E-state index in [1.165, 1.54) is 6.92 Å². The summed E-state index contributed by atoms with van der Waals surface area (Å²) in [6.45, 7) is 1.37. The smallest absolute Gasteiger partial charge is 0.200 e. The van der Waals surface area contributed by atoms with E-state index in [1.54, 1.807) is 0 Å². The number of Topliss-reactive ketones (excluding diaryl/α,β-unsaturated/α-hetero) is 1. The number of halogens is 1. The van der Waals surface area contributed by atoms with Gasteiger partial charge in [0.2, 0.25) is 5.78 Å². The molecule has 0 aliphatic heterocycles. The summed E-state index contributed by atoms with van der Waals surface area (Å²) in [4.78, 5) is 12.0. The molecule has 0 aromatic heterocycles. The van der Waals surface area contributed by atoms with E-state index in [4.69, 9.17) is 0 Å². The van der Waals surface area contributed by atoms with Crippen LogP contribution in [0.15, 0.2) is 36.4 Å². The zero-order valence-corrected chi connectivity index (χ0v) is 8.96. The van der Waals surface area contributed by atoms with Crippen LogP contribution in [0.2, 0.25) is 0 Å². The van der Waals surface area contributed by atoms with Crippen LogP contribution in [-0.4, -0.2) is 11.5 Å². The van der Waals surface area contributed by atoms with Gasteiger partial charge in [-0.1, -0.05) is 36.4 Å². The minimum Gasteiger partial charge on any atom is -0.291 e. The Balaban J connectivity index is 2.39. The van der Waals surface area contributed by atoms with Crippen LogP contribution in [0.4, 0.5) is 4.39 Å². The van der Waals surface area contributed by atoms with Crippen molar-refractivity contribution in [1.29, 1.82) is 0 Å². The van der Waals surface area contributed by atoms with Gasteiger partial charge in [0.05, 0.1) is 0 Å². The number of carbonyl (C=O) groups excluding carboxylic acids is 1. The SMILES string of the molecule is CC1(F)Cc2ccc3ccccc3c2C1=O. The molecule has 2 heteroatoms. The molecule has 80 valence electrons. The predicted molar refractivity (Wildman–Crippen MR) is 61.5 cm³/mol. The van der Waals surface area contributed by atoms with E-state index >= 15 is 0 Å². The lowest BCUT2D eigenvalue weighted by Crippen LogP contribution is -2.25. The maximum absolute atomic E-state index is 14.0. The second-order valence-electron chi connectivity index (χ2n) is 4.52. The van der Waals surface area contributed by atoms with Crippen molar-refractivity contribution < 1.29 is 9.18 Å². The summed E-state index contributed by atoms with van der Waals surface area (Å²) >= 11 is 0. The van der Waals surface area contributed by atoms with E-state index < -0.39 is 5.67 Å². The average Bonchev–Trinajstić information content (AvgIpc) is 2.50. The van der Waals surface area contributed by atoms with Gasteiger partial charge in [0.25, 0.3) is 0 Å². The van der Waals surface area contributed by atoms with Crippen molar-refractivity contribution >= 4 is 16.6 Å². The van der Waals surface area contributed by atoms with Gasteiger partial charge in [0.1, 0.15) is 0 Å². The second-order valence-corrected chi connectivity index (χ2v) is 4.52. The number of hydrogen-bond donors (Lipinski definition) is 0. The standard InChI is InChI=1S/C14H11FO/c1-14(15)8-10-7-6-9-4-2-3-5-11(9)12(10)13(14)16/h2-7H,8H2,1H3. The van der Waals surface area contributed by atoms with Gasteiger partial charge in [-0.2, -0.15) is 0 Å². The molecule has 1 atom stereocenters. The average molecular weight is 214 g/mol. The Labute approximate surface area is 92.9 Å². The maximum Gasteiger partial charge on any atom is 0.200 e. The molecule has 2 aromatic carbocycles. The lowest BCUT2D eigenvalue weighted by atomic mass is 10.00. The van der Waals surface area contributed by atoms with Gasteiger partial charge in [-0.3, -0.25) is 4.79 Å². The minimum atomic E-state index is -1.73. The first-order valence-electron chi connectivity index (χ1n) is 5.34. The van der Waals surface area contributed by atoms with E-state index in [-0.39, 0.29) is 12.2 Å². The van der Waals surface area contributed by atoms with Crippen molar-refractivity contribution in [1.82, 2.24) is 0 Å². The fourth-order valence-corrected chi connectivity index (χ4v) is 2.43. The fraction of sp³-hybridized carbons (Fsp3) is 0.214. The summed E-state index contributed by atoms with van der Waals surface area (Å²) in [5.74, 6) is -0.376. The molecule has 16 heavy (non-hydrogen) atoms.